The summed E-state index contributed by atoms with van der Waals surface area (Å²) in [7, 11) is 1.44. The van der Waals surface area contributed by atoms with Gasteiger partial charge in [-0.1, -0.05) is 30.9 Å². The number of carbonyl (C=O) groups excluding carboxylic acids is 2. The Hall–Kier alpha value is -4.48. The average molecular weight is 500 g/mol. The van der Waals surface area contributed by atoms with E-state index < -0.39 is 29.4 Å². The molecule has 0 unspecified atom stereocenters. The van der Waals surface area contributed by atoms with Crippen LogP contribution >= 0.6 is 0 Å². The van der Waals surface area contributed by atoms with Crippen LogP contribution in [0.4, 0.5) is 18.9 Å². The maximum Gasteiger partial charge on any atom is 0.437 e. The Kier molecular flexibility index (Phi) is 7.56. The number of ether oxygens (including phenoxy) is 1. The smallest absolute Gasteiger partial charge is 0.437 e. The van der Waals surface area contributed by atoms with Crippen LogP contribution in [0, 0.1) is 13.8 Å². The molecule has 9 nitrogen and oxygen atoms in total. The van der Waals surface area contributed by atoms with Gasteiger partial charge in [0.25, 0.3) is 11.8 Å². The SMILES string of the molecule is C=C/C=C\c1c(C(=O)Nc2c(C(F)(F)F)nn(Cc3ccc(OC)nc3)c2C)cc(C(N)=O)nc1C. The number of carbonyl (C=O) groups is 2. The lowest BCUT2D eigenvalue weighted by Crippen LogP contribution is -2.21. The van der Waals surface area contributed by atoms with Crippen molar-refractivity contribution >= 4 is 23.6 Å². The van der Waals surface area contributed by atoms with E-state index in [0.29, 0.717) is 17.0 Å². The predicted molar refractivity (Wildman–Crippen MR) is 127 cm³/mol. The summed E-state index contributed by atoms with van der Waals surface area (Å²) in [5, 5.41) is 6.02. The third-order valence-corrected chi connectivity index (χ3v) is 5.20. The van der Waals surface area contributed by atoms with Crippen molar-refractivity contribution in [1.82, 2.24) is 19.7 Å². The topological polar surface area (TPSA) is 125 Å². The zero-order valence-corrected chi connectivity index (χ0v) is 19.7. The van der Waals surface area contributed by atoms with Crippen molar-refractivity contribution in [3.8, 4) is 5.88 Å². The molecule has 3 rings (SSSR count). The summed E-state index contributed by atoms with van der Waals surface area (Å²) in [6.45, 7) is 6.47. The van der Waals surface area contributed by atoms with Crippen LogP contribution in [0.25, 0.3) is 6.08 Å². The lowest BCUT2D eigenvalue weighted by molar-refractivity contribution is -0.140. The second kappa shape index (κ2) is 10.4. The number of methoxy groups -OCH3 is 1. The predicted octanol–water partition coefficient (Wildman–Crippen LogP) is 3.92. The third-order valence-electron chi connectivity index (χ3n) is 5.20. The summed E-state index contributed by atoms with van der Waals surface area (Å²) in [6.07, 6.45) is 1.08. The van der Waals surface area contributed by atoms with E-state index in [1.165, 1.54) is 38.5 Å². The molecule has 0 aliphatic heterocycles. The maximum absolute atomic E-state index is 13.9. The van der Waals surface area contributed by atoms with Crippen LogP contribution in [-0.4, -0.2) is 38.7 Å². The van der Waals surface area contributed by atoms with Gasteiger partial charge in [0.1, 0.15) is 5.69 Å². The number of anilines is 1. The van der Waals surface area contributed by atoms with Crippen LogP contribution in [0.2, 0.25) is 0 Å². The molecule has 0 spiro atoms. The average Bonchev–Trinajstić information content (AvgIpc) is 3.13. The summed E-state index contributed by atoms with van der Waals surface area (Å²) in [4.78, 5) is 33.0. The largest absolute Gasteiger partial charge is 0.481 e. The minimum absolute atomic E-state index is 0.0325. The van der Waals surface area contributed by atoms with Gasteiger partial charge in [-0.25, -0.2) is 9.97 Å². The van der Waals surface area contributed by atoms with Gasteiger partial charge in [-0.15, -0.1) is 0 Å². The fourth-order valence-corrected chi connectivity index (χ4v) is 3.40. The normalized spacial score (nSPS) is 11.5. The first kappa shape index (κ1) is 26.1. The Bertz CT molecular complexity index is 1340. The summed E-state index contributed by atoms with van der Waals surface area (Å²) >= 11 is 0. The highest BCUT2D eigenvalue weighted by molar-refractivity contribution is 6.08. The molecule has 0 bridgehead atoms. The third kappa shape index (κ3) is 5.59. The monoisotopic (exact) mass is 500 g/mol. The molecule has 0 aliphatic rings. The van der Waals surface area contributed by atoms with Gasteiger partial charge in [-0.2, -0.15) is 18.3 Å². The number of pyridine rings is 2. The van der Waals surface area contributed by atoms with E-state index in [4.69, 9.17) is 10.5 Å². The number of amides is 2. The van der Waals surface area contributed by atoms with Crippen molar-refractivity contribution in [3.05, 3.63) is 82.6 Å². The molecular formula is C24H23F3N6O3. The van der Waals surface area contributed by atoms with E-state index in [1.807, 2.05) is 0 Å². The lowest BCUT2D eigenvalue weighted by atomic mass is 10.0. The Morgan fingerprint density at radius 2 is 2.00 bits per heavy atom. The molecule has 3 aromatic rings. The first-order chi connectivity index (χ1) is 17.0. The number of hydrogen-bond donors (Lipinski definition) is 2. The minimum Gasteiger partial charge on any atom is -0.481 e. The Labute approximate surface area is 204 Å². The lowest BCUT2D eigenvalue weighted by Gasteiger charge is -2.13. The molecule has 0 saturated heterocycles. The van der Waals surface area contributed by atoms with E-state index in [0.717, 1.165) is 10.7 Å². The van der Waals surface area contributed by atoms with Crippen molar-refractivity contribution < 1.29 is 27.5 Å². The number of aryl methyl sites for hydroxylation is 1. The number of rotatable bonds is 8. The molecule has 36 heavy (non-hydrogen) atoms. The molecule has 0 aliphatic carbocycles. The number of alkyl halides is 3. The fourth-order valence-electron chi connectivity index (χ4n) is 3.40. The van der Waals surface area contributed by atoms with Crippen molar-refractivity contribution in [3.63, 3.8) is 0 Å². The molecule has 0 saturated carbocycles. The summed E-state index contributed by atoms with van der Waals surface area (Å²) in [5.41, 5.74) is 4.45. The molecule has 12 heteroatoms. The second-order valence-corrected chi connectivity index (χ2v) is 7.64. The number of primary amides is 1. The van der Waals surface area contributed by atoms with Crippen LogP contribution < -0.4 is 15.8 Å². The van der Waals surface area contributed by atoms with Crippen molar-refractivity contribution in [2.75, 3.05) is 12.4 Å². The Morgan fingerprint density at radius 3 is 2.56 bits per heavy atom. The van der Waals surface area contributed by atoms with Gasteiger partial charge in [0, 0.05) is 23.5 Å². The number of allylic oxidation sites excluding steroid dienone is 2. The molecule has 0 atom stereocenters. The Balaban J connectivity index is 2.06. The number of nitrogens with two attached hydrogens (primary N) is 1. The summed E-state index contributed by atoms with van der Waals surface area (Å²) in [5.74, 6) is -1.44. The van der Waals surface area contributed by atoms with Gasteiger partial charge in [0.15, 0.2) is 5.69 Å². The molecule has 0 fully saturated rings. The summed E-state index contributed by atoms with van der Waals surface area (Å²) < 4.78 is 47.7. The van der Waals surface area contributed by atoms with E-state index in [1.54, 1.807) is 19.1 Å². The van der Waals surface area contributed by atoms with Gasteiger partial charge in [-0.05, 0) is 25.5 Å². The maximum atomic E-state index is 13.9. The van der Waals surface area contributed by atoms with Crippen LogP contribution in [0.3, 0.4) is 0 Å². The van der Waals surface area contributed by atoms with E-state index >= 15 is 0 Å². The highest BCUT2D eigenvalue weighted by Gasteiger charge is 2.39. The Morgan fingerprint density at radius 1 is 1.28 bits per heavy atom. The number of nitrogens with zero attached hydrogens (tertiary/aromatic N) is 4. The van der Waals surface area contributed by atoms with Gasteiger partial charge >= 0.3 is 6.18 Å². The van der Waals surface area contributed by atoms with Crippen LogP contribution in [0.1, 0.15) is 49.1 Å². The van der Waals surface area contributed by atoms with Crippen LogP contribution in [0.15, 0.2) is 43.1 Å². The van der Waals surface area contributed by atoms with E-state index in [-0.39, 0.29) is 29.2 Å². The number of hydrogen-bond acceptors (Lipinski definition) is 6. The highest BCUT2D eigenvalue weighted by Crippen LogP contribution is 2.36. The van der Waals surface area contributed by atoms with Crippen molar-refractivity contribution in [1.29, 1.82) is 0 Å². The number of aromatic nitrogens is 4. The summed E-state index contributed by atoms with van der Waals surface area (Å²) in [6, 6.07) is 4.34. The molecule has 0 aromatic carbocycles. The zero-order valence-electron chi connectivity index (χ0n) is 19.7. The molecular weight excluding hydrogens is 477 g/mol. The van der Waals surface area contributed by atoms with Gasteiger partial charge < -0.3 is 15.8 Å². The molecule has 188 valence electrons. The van der Waals surface area contributed by atoms with Crippen LogP contribution in [0.5, 0.6) is 5.88 Å². The highest BCUT2D eigenvalue weighted by atomic mass is 19.4. The van der Waals surface area contributed by atoms with Crippen molar-refractivity contribution in [2.24, 2.45) is 5.73 Å². The van der Waals surface area contributed by atoms with E-state index in [9.17, 15) is 22.8 Å². The van der Waals surface area contributed by atoms with Gasteiger partial charge in [0.2, 0.25) is 5.88 Å². The van der Waals surface area contributed by atoms with Gasteiger partial charge in [0.05, 0.1) is 30.6 Å². The van der Waals surface area contributed by atoms with Crippen LogP contribution in [-0.2, 0) is 12.7 Å². The van der Waals surface area contributed by atoms with E-state index in [2.05, 4.69) is 27.0 Å². The van der Waals surface area contributed by atoms with Crippen molar-refractivity contribution in [2.45, 2.75) is 26.6 Å². The minimum atomic E-state index is -4.85. The molecule has 0 radical (unpaired) electrons. The molecule has 2 amide bonds. The first-order valence-electron chi connectivity index (χ1n) is 10.5. The fraction of sp³-hybridized carbons (Fsp3) is 0.208. The zero-order chi connectivity index (χ0) is 26.6. The first-order valence-corrected chi connectivity index (χ1v) is 10.5. The molecule has 3 aromatic heterocycles. The standard InChI is InChI=1S/C24H23F3N6O3/c1-5-6-7-16-13(2)30-18(22(28)34)10-17(16)23(35)31-20-14(3)33(32-21(20)24(25,26)27)12-15-8-9-19(36-4)29-11-15/h5-11H,1,12H2,2-4H3,(H2,28,34)(H,31,35)/b7-6-. The number of halogens is 3. The molecule has 3 heterocycles. The van der Waals surface area contributed by atoms with Gasteiger partial charge in [-0.3, -0.25) is 14.3 Å². The second-order valence-electron chi connectivity index (χ2n) is 7.64. The quantitative estimate of drug-likeness (QED) is 0.452. The molecule has 3 N–H and O–H groups in total. The number of nitrogens with one attached hydrogen (secondary N) is 1.